The number of aliphatic imine (C=N–C) groups is 1. The van der Waals surface area contributed by atoms with Crippen molar-refractivity contribution in [3.8, 4) is 17.1 Å². The van der Waals surface area contributed by atoms with E-state index < -0.39 is 0 Å². The van der Waals surface area contributed by atoms with Crippen molar-refractivity contribution < 1.29 is 9.15 Å². The molecular weight excluding hydrogens is 390 g/mol. The Morgan fingerprint density at radius 2 is 2.00 bits per heavy atom. The second-order valence-electron chi connectivity index (χ2n) is 7.43. The molecule has 0 spiro atoms. The van der Waals surface area contributed by atoms with Crippen LogP contribution >= 0.6 is 0 Å². The molecule has 0 bridgehead atoms. The molecule has 2 N–H and O–H groups in total. The minimum absolute atomic E-state index is 0.298. The van der Waals surface area contributed by atoms with Crippen molar-refractivity contribution in [2.45, 2.75) is 25.9 Å². The number of para-hydroxylation sites is 2. The van der Waals surface area contributed by atoms with Crippen LogP contribution in [0.1, 0.15) is 19.2 Å². The van der Waals surface area contributed by atoms with Gasteiger partial charge in [-0.1, -0.05) is 42.5 Å². The number of aromatic nitrogens is 1. The highest BCUT2D eigenvalue weighted by molar-refractivity contribution is 5.80. The molecule has 1 atom stereocenters. The van der Waals surface area contributed by atoms with E-state index in [4.69, 9.17) is 9.15 Å². The fourth-order valence-corrected chi connectivity index (χ4v) is 3.77. The largest absolute Gasteiger partial charge is 0.495 e. The third kappa shape index (κ3) is 5.17. The van der Waals surface area contributed by atoms with Crippen molar-refractivity contribution in [1.29, 1.82) is 0 Å². The summed E-state index contributed by atoms with van der Waals surface area (Å²) >= 11 is 0. The molecule has 1 saturated heterocycles. The van der Waals surface area contributed by atoms with Crippen LogP contribution in [0, 0.1) is 0 Å². The van der Waals surface area contributed by atoms with E-state index in [1.165, 1.54) is 0 Å². The Hall–Kier alpha value is -3.48. The molecule has 2 aromatic carbocycles. The monoisotopic (exact) mass is 419 g/mol. The Balaban J connectivity index is 1.38. The summed E-state index contributed by atoms with van der Waals surface area (Å²) in [4.78, 5) is 11.4. The molecule has 3 aromatic rings. The van der Waals surface area contributed by atoms with Gasteiger partial charge < -0.3 is 24.7 Å². The maximum atomic E-state index is 5.87. The molecule has 4 rings (SSSR count). The number of nitrogens with zero attached hydrogens (tertiary/aromatic N) is 3. The molecule has 1 aromatic heterocycles. The molecule has 7 nitrogen and oxygen atoms in total. The van der Waals surface area contributed by atoms with E-state index in [1.54, 1.807) is 13.3 Å². The van der Waals surface area contributed by atoms with Gasteiger partial charge in [-0.2, -0.15) is 0 Å². The van der Waals surface area contributed by atoms with Crippen LogP contribution in [0.3, 0.4) is 0 Å². The van der Waals surface area contributed by atoms with E-state index in [2.05, 4.69) is 38.5 Å². The smallest absolute Gasteiger partial charge is 0.216 e. The lowest BCUT2D eigenvalue weighted by molar-refractivity contribution is 0.415. The van der Waals surface area contributed by atoms with Gasteiger partial charge in [0.15, 0.2) is 11.7 Å². The molecule has 1 unspecified atom stereocenters. The first kappa shape index (κ1) is 20.8. The van der Waals surface area contributed by atoms with Gasteiger partial charge in [0.1, 0.15) is 12.3 Å². The molecule has 1 aliphatic rings. The lowest BCUT2D eigenvalue weighted by Crippen LogP contribution is -2.44. The van der Waals surface area contributed by atoms with Crippen LogP contribution in [0.2, 0.25) is 0 Å². The number of oxazole rings is 1. The first-order chi connectivity index (χ1) is 15.3. The van der Waals surface area contributed by atoms with Gasteiger partial charge in [0, 0.05) is 31.2 Å². The van der Waals surface area contributed by atoms with Gasteiger partial charge in [-0.15, -0.1) is 0 Å². The zero-order valence-corrected chi connectivity index (χ0v) is 18.0. The van der Waals surface area contributed by atoms with Crippen LogP contribution < -0.4 is 20.3 Å². The summed E-state index contributed by atoms with van der Waals surface area (Å²) < 4.78 is 11.4. The molecule has 0 radical (unpaired) electrons. The summed E-state index contributed by atoms with van der Waals surface area (Å²) in [6.07, 6.45) is 2.78. The quantitative estimate of drug-likeness (QED) is 0.449. The lowest BCUT2D eigenvalue weighted by atomic mass is 10.2. The Morgan fingerprint density at radius 1 is 1.19 bits per heavy atom. The first-order valence-electron chi connectivity index (χ1n) is 10.7. The maximum Gasteiger partial charge on any atom is 0.216 e. The summed E-state index contributed by atoms with van der Waals surface area (Å²) in [5, 5.41) is 6.87. The fraction of sp³-hybridized carbons (Fsp3) is 0.333. The van der Waals surface area contributed by atoms with Gasteiger partial charge in [0.05, 0.1) is 19.0 Å². The van der Waals surface area contributed by atoms with Crippen molar-refractivity contribution in [2.75, 3.05) is 31.6 Å². The Bertz CT molecular complexity index is 1000. The molecule has 1 aliphatic heterocycles. The predicted molar refractivity (Wildman–Crippen MR) is 124 cm³/mol. The average molecular weight is 420 g/mol. The van der Waals surface area contributed by atoms with Gasteiger partial charge in [-0.3, -0.25) is 0 Å². The van der Waals surface area contributed by atoms with E-state index in [-0.39, 0.29) is 0 Å². The predicted octanol–water partition coefficient (Wildman–Crippen LogP) is 3.68. The molecule has 7 heteroatoms. The summed E-state index contributed by atoms with van der Waals surface area (Å²) in [6.45, 7) is 5.09. The molecule has 0 saturated carbocycles. The van der Waals surface area contributed by atoms with Crippen LogP contribution in [-0.2, 0) is 6.54 Å². The average Bonchev–Trinajstić information content (AvgIpc) is 3.48. The van der Waals surface area contributed by atoms with Gasteiger partial charge >= 0.3 is 0 Å². The highest BCUT2D eigenvalue weighted by Crippen LogP contribution is 2.30. The molecule has 31 heavy (non-hydrogen) atoms. The summed E-state index contributed by atoms with van der Waals surface area (Å²) in [5.74, 6) is 3.03. The van der Waals surface area contributed by atoms with Crippen LogP contribution in [0.5, 0.6) is 5.75 Å². The number of guanidine groups is 1. The third-order valence-electron chi connectivity index (χ3n) is 5.28. The number of anilines is 1. The topological polar surface area (TPSA) is 74.9 Å². The highest BCUT2D eigenvalue weighted by Gasteiger charge is 2.25. The van der Waals surface area contributed by atoms with Gasteiger partial charge in [-0.25, -0.2) is 9.98 Å². The molecule has 1 fully saturated rings. The number of nitrogens with one attached hydrogen (secondary N) is 2. The van der Waals surface area contributed by atoms with Crippen molar-refractivity contribution >= 4 is 11.6 Å². The Kier molecular flexibility index (Phi) is 6.72. The lowest BCUT2D eigenvalue weighted by Gasteiger charge is -2.22. The van der Waals surface area contributed by atoms with Crippen molar-refractivity contribution in [2.24, 2.45) is 4.99 Å². The normalized spacial score (nSPS) is 16.4. The van der Waals surface area contributed by atoms with E-state index in [0.717, 1.165) is 54.8 Å². The van der Waals surface area contributed by atoms with Crippen LogP contribution in [-0.4, -0.2) is 43.7 Å². The van der Waals surface area contributed by atoms with E-state index in [0.29, 0.717) is 18.5 Å². The van der Waals surface area contributed by atoms with E-state index >= 15 is 0 Å². The number of hydrogen-bond donors (Lipinski definition) is 2. The zero-order valence-electron chi connectivity index (χ0n) is 18.0. The molecule has 2 heterocycles. The van der Waals surface area contributed by atoms with Crippen LogP contribution in [0.15, 0.2) is 70.2 Å². The zero-order chi connectivity index (χ0) is 21.5. The first-order valence-corrected chi connectivity index (χ1v) is 10.7. The second kappa shape index (κ2) is 10.0. The van der Waals surface area contributed by atoms with Crippen molar-refractivity contribution in [3.05, 3.63) is 66.7 Å². The standard InChI is InChI=1S/C24H29N5O2/c1-3-25-24(27-16-23-26-15-22(31-23)18-9-5-4-6-10-18)28-19-13-14-29(17-19)20-11-7-8-12-21(20)30-2/h4-12,15,19H,3,13-14,16-17H2,1-2H3,(H2,25,27,28). The van der Waals surface area contributed by atoms with Crippen molar-refractivity contribution in [3.63, 3.8) is 0 Å². The summed E-state index contributed by atoms with van der Waals surface area (Å²) in [6, 6.07) is 18.4. The SMILES string of the molecule is CCNC(=NCc1ncc(-c2ccccc2)o1)NC1CCN(c2ccccc2OC)C1. The number of rotatable bonds is 7. The number of ether oxygens (including phenoxy) is 1. The molecule has 0 aliphatic carbocycles. The minimum atomic E-state index is 0.298. The number of methoxy groups -OCH3 is 1. The van der Waals surface area contributed by atoms with Gasteiger partial charge in [0.25, 0.3) is 0 Å². The molecule has 162 valence electrons. The Morgan fingerprint density at radius 3 is 2.81 bits per heavy atom. The minimum Gasteiger partial charge on any atom is -0.495 e. The van der Waals surface area contributed by atoms with Crippen LogP contribution in [0.4, 0.5) is 5.69 Å². The number of benzene rings is 2. The van der Waals surface area contributed by atoms with E-state index in [1.807, 2.05) is 48.5 Å². The highest BCUT2D eigenvalue weighted by atomic mass is 16.5. The summed E-state index contributed by atoms with van der Waals surface area (Å²) in [7, 11) is 1.71. The molecular formula is C24H29N5O2. The van der Waals surface area contributed by atoms with Crippen LogP contribution in [0.25, 0.3) is 11.3 Å². The summed E-state index contributed by atoms with van der Waals surface area (Å²) in [5.41, 5.74) is 2.14. The Labute approximate surface area is 183 Å². The third-order valence-corrected chi connectivity index (χ3v) is 5.28. The van der Waals surface area contributed by atoms with Crippen molar-refractivity contribution in [1.82, 2.24) is 15.6 Å². The van der Waals surface area contributed by atoms with Gasteiger partial charge in [0.2, 0.25) is 5.89 Å². The number of hydrogen-bond acceptors (Lipinski definition) is 5. The molecule has 0 amide bonds. The second-order valence-corrected chi connectivity index (χ2v) is 7.43. The fourth-order valence-electron chi connectivity index (χ4n) is 3.77. The van der Waals surface area contributed by atoms with E-state index in [9.17, 15) is 0 Å². The maximum absolute atomic E-state index is 5.87. The van der Waals surface area contributed by atoms with Gasteiger partial charge in [-0.05, 0) is 25.5 Å².